The molecule has 6 heteroatoms. The molecule has 3 aromatic rings. The van der Waals surface area contributed by atoms with E-state index in [9.17, 15) is 0 Å². The third-order valence-corrected chi connectivity index (χ3v) is 2.93. The van der Waals surface area contributed by atoms with Crippen LogP contribution < -0.4 is 0 Å². The van der Waals surface area contributed by atoms with E-state index in [-0.39, 0.29) is 0 Å². The van der Waals surface area contributed by atoms with Crippen molar-refractivity contribution >= 4 is 11.2 Å². The first kappa shape index (κ1) is 9.95. The summed E-state index contributed by atoms with van der Waals surface area (Å²) >= 11 is 0. The lowest BCUT2D eigenvalue weighted by Gasteiger charge is -2.00. The highest BCUT2D eigenvalue weighted by molar-refractivity contribution is 5.72. The Bertz CT molecular complexity index is 693. The number of nitrogens with zero attached hydrogens (tertiary/aromatic N) is 6. The van der Waals surface area contributed by atoms with E-state index >= 15 is 0 Å². The van der Waals surface area contributed by atoms with Gasteiger partial charge in [-0.15, -0.1) is 0 Å². The van der Waals surface area contributed by atoms with Gasteiger partial charge in [-0.25, -0.2) is 15.0 Å². The maximum Gasteiger partial charge on any atom is 0.165 e. The molecule has 0 aliphatic heterocycles. The fourth-order valence-corrected chi connectivity index (χ4v) is 1.77. The number of imidazole rings is 1. The van der Waals surface area contributed by atoms with Gasteiger partial charge in [-0.1, -0.05) is 0 Å². The van der Waals surface area contributed by atoms with E-state index in [2.05, 4.69) is 20.1 Å². The fourth-order valence-electron chi connectivity index (χ4n) is 1.77. The normalized spacial score (nSPS) is 11.2. The van der Waals surface area contributed by atoms with E-state index in [0.717, 1.165) is 22.4 Å². The molecule has 3 heterocycles. The molecule has 0 atom stereocenters. The molecule has 17 heavy (non-hydrogen) atoms. The smallest absolute Gasteiger partial charge is 0.165 e. The predicted octanol–water partition coefficient (Wildman–Crippen LogP) is 1.07. The Morgan fingerprint density at radius 2 is 1.94 bits per heavy atom. The van der Waals surface area contributed by atoms with E-state index in [1.807, 2.05) is 30.3 Å². The Labute approximate surface area is 98.0 Å². The molecule has 0 saturated heterocycles. The quantitative estimate of drug-likeness (QED) is 0.625. The van der Waals surface area contributed by atoms with E-state index in [1.165, 1.54) is 0 Å². The molecule has 0 saturated carbocycles. The largest absolute Gasteiger partial charge is 0.318 e. The summed E-state index contributed by atoms with van der Waals surface area (Å²) in [6.45, 7) is 2.00. The molecule has 6 nitrogen and oxygen atoms in total. The summed E-state index contributed by atoms with van der Waals surface area (Å²) in [4.78, 5) is 13.0. The molecule has 0 bridgehead atoms. The van der Waals surface area contributed by atoms with Crippen LogP contribution in [0.3, 0.4) is 0 Å². The predicted molar refractivity (Wildman–Crippen MR) is 63.2 cm³/mol. The van der Waals surface area contributed by atoms with Gasteiger partial charge in [0.05, 0.1) is 24.3 Å². The number of aryl methyl sites for hydroxylation is 2. The molecule has 0 aromatic carbocycles. The van der Waals surface area contributed by atoms with Gasteiger partial charge in [0, 0.05) is 19.8 Å². The molecule has 0 unspecified atom stereocenters. The Kier molecular flexibility index (Phi) is 1.98. The Morgan fingerprint density at radius 3 is 2.65 bits per heavy atom. The van der Waals surface area contributed by atoms with Crippen molar-refractivity contribution in [3.05, 3.63) is 24.4 Å². The molecule has 3 aromatic heterocycles. The standard InChI is InChI=1S/C11H12N6/c1-7-8(4-14-17(7)3)10-12-5-9-11(15-10)16(2)6-13-9/h4-6H,1-3H3. The topological polar surface area (TPSA) is 61.4 Å². The van der Waals surface area contributed by atoms with Crippen LogP contribution in [0.1, 0.15) is 5.69 Å². The number of rotatable bonds is 1. The average Bonchev–Trinajstić information content (AvgIpc) is 2.85. The van der Waals surface area contributed by atoms with Crippen molar-refractivity contribution in [2.24, 2.45) is 14.1 Å². The average molecular weight is 228 g/mol. The van der Waals surface area contributed by atoms with Crippen LogP contribution in [0.2, 0.25) is 0 Å². The lowest BCUT2D eigenvalue weighted by Crippen LogP contribution is -1.96. The first-order valence-electron chi connectivity index (χ1n) is 5.30. The van der Waals surface area contributed by atoms with Crippen LogP contribution in [0.4, 0.5) is 0 Å². The zero-order valence-electron chi connectivity index (χ0n) is 9.92. The summed E-state index contributed by atoms with van der Waals surface area (Å²) in [5.74, 6) is 0.687. The first-order chi connectivity index (χ1) is 8.16. The summed E-state index contributed by atoms with van der Waals surface area (Å²) in [5, 5.41) is 4.20. The van der Waals surface area contributed by atoms with E-state index in [4.69, 9.17) is 0 Å². The highest BCUT2D eigenvalue weighted by Crippen LogP contribution is 2.20. The van der Waals surface area contributed by atoms with Gasteiger partial charge in [0.25, 0.3) is 0 Å². The maximum absolute atomic E-state index is 4.52. The Hall–Kier alpha value is -2.24. The van der Waals surface area contributed by atoms with Crippen molar-refractivity contribution in [2.75, 3.05) is 0 Å². The van der Waals surface area contributed by atoms with Gasteiger partial charge in [-0.3, -0.25) is 4.68 Å². The maximum atomic E-state index is 4.52. The molecular weight excluding hydrogens is 216 g/mol. The number of hydrogen-bond acceptors (Lipinski definition) is 4. The molecule has 0 amide bonds. The summed E-state index contributed by atoms with van der Waals surface area (Å²) in [6, 6.07) is 0. The molecule has 0 fully saturated rings. The van der Waals surface area contributed by atoms with Crippen LogP contribution in [0.25, 0.3) is 22.6 Å². The SMILES string of the molecule is Cc1c(-c2ncc3ncn(C)c3n2)cnn1C. The lowest BCUT2D eigenvalue weighted by atomic mass is 10.2. The van der Waals surface area contributed by atoms with Gasteiger partial charge < -0.3 is 4.57 Å². The first-order valence-corrected chi connectivity index (χ1v) is 5.30. The van der Waals surface area contributed by atoms with Crippen molar-refractivity contribution in [3.8, 4) is 11.4 Å². The summed E-state index contributed by atoms with van der Waals surface area (Å²) in [6.07, 6.45) is 5.26. The molecule has 0 radical (unpaired) electrons. The Balaban J connectivity index is 2.24. The van der Waals surface area contributed by atoms with Crippen LogP contribution in [0.15, 0.2) is 18.7 Å². The van der Waals surface area contributed by atoms with Crippen LogP contribution in [-0.4, -0.2) is 29.3 Å². The number of aromatic nitrogens is 6. The fraction of sp³-hybridized carbons (Fsp3) is 0.273. The van der Waals surface area contributed by atoms with E-state index in [1.54, 1.807) is 18.7 Å². The summed E-state index contributed by atoms with van der Waals surface area (Å²) in [5.41, 5.74) is 3.64. The van der Waals surface area contributed by atoms with Gasteiger partial charge in [0.15, 0.2) is 11.5 Å². The van der Waals surface area contributed by atoms with Crippen LogP contribution >= 0.6 is 0 Å². The van der Waals surface area contributed by atoms with Crippen LogP contribution in [-0.2, 0) is 14.1 Å². The minimum absolute atomic E-state index is 0.687. The monoisotopic (exact) mass is 228 g/mol. The van der Waals surface area contributed by atoms with Gasteiger partial charge in [-0.2, -0.15) is 5.10 Å². The molecular formula is C11H12N6. The minimum Gasteiger partial charge on any atom is -0.318 e. The van der Waals surface area contributed by atoms with E-state index in [0.29, 0.717) is 5.82 Å². The Morgan fingerprint density at radius 1 is 1.12 bits per heavy atom. The zero-order valence-corrected chi connectivity index (χ0v) is 9.92. The van der Waals surface area contributed by atoms with Gasteiger partial charge in [0.2, 0.25) is 0 Å². The van der Waals surface area contributed by atoms with Crippen molar-refractivity contribution in [1.29, 1.82) is 0 Å². The van der Waals surface area contributed by atoms with Gasteiger partial charge >= 0.3 is 0 Å². The van der Waals surface area contributed by atoms with Gasteiger partial charge in [-0.05, 0) is 6.92 Å². The summed E-state index contributed by atoms with van der Waals surface area (Å²) < 4.78 is 3.69. The second-order valence-electron chi connectivity index (χ2n) is 4.03. The van der Waals surface area contributed by atoms with Crippen molar-refractivity contribution in [3.63, 3.8) is 0 Å². The third-order valence-electron chi connectivity index (χ3n) is 2.93. The molecule has 0 aliphatic rings. The minimum atomic E-state index is 0.687. The third kappa shape index (κ3) is 1.41. The number of fused-ring (bicyclic) bond motifs is 1. The van der Waals surface area contributed by atoms with Crippen molar-refractivity contribution in [1.82, 2.24) is 29.3 Å². The molecule has 0 aliphatic carbocycles. The van der Waals surface area contributed by atoms with Crippen molar-refractivity contribution < 1.29 is 0 Å². The highest BCUT2D eigenvalue weighted by atomic mass is 15.3. The van der Waals surface area contributed by atoms with Crippen LogP contribution in [0, 0.1) is 6.92 Å². The second kappa shape index (κ2) is 3.38. The molecule has 0 N–H and O–H groups in total. The lowest BCUT2D eigenvalue weighted by molar-refractivity contribution is 0.740. The summed E-state index contributed by atoms with van der Waals surface area (Å²) in [7, 11) is 3.82. The molecule has 3 rings (SSSR count). The van der Waals surface area contributed by atoms with Gasteiger partial charge in [0.1, 0.15) is 5.52 Å². The highest BCUT2D eigenvalue weighted by Gasteiger charge is 2.11. The van der Waals surface area contributed by atoms with Crippen LogP contribution in [0.5, 0.6) is 0 Å². The number of hydrogen-bond donors (Lipinski definition) is 0. The zero-order chi connectivity index (χ0) is 12.0. The van der Waals surface area contributed by atoms with Crippen molar-refractivity contribution in [2.45, 2.75) is 6.92 Å². The second-order valence-corrected chi connectivity index (χ2v) is 4.03. The molecule has 0 spiro atoms. The molecule has 86 valence electrons. The van der Waals surface area contributed by atoms with E-state index < -0.39 is 0 Å².